The Morgan fingerprint density at radius 3 is 2.36 bits per heavy atom. The lowest BCUT2D eigenvalue weighted by molar-refractivity contribution is 0.327. The zero-order valence-electron chi connectivity index (χ0n) is 21.6. The van der Waals surface area contributed by atoms with Gasteiger partial charge in [-0.15, -0.1) is 0 Å². The maximum Gasteiger partial charge on any atom is 0.213 e. The van der Waals surface area contributed by atoms with E-state index in [-0.39, 0.29) is 17.4 Å². The molecule has 13 nitrogen and oxygen atoms in total. The summed E-state index contributed by atoms with van der Waals surface area (Å²) in [5.74, 6) is 2.32. The van der Waals surface area contributed by atoms with Crippen molar-refractivity contribution >= 4 is 28.9 Å². The van der Waals surface area contributed by atoms with Crippen LogP contribution in [0.4, 0.5) is 11.5 Å². The third-order valence-electron chi connectivity index (χ3n) is 5.32. The molecule has 0 fully saturated rings. The molecule has 14 heteroatoms. The van der Waals surface area contributed by atoms with Crippen molar-refractivity contribution in [1.29, 1.82) is 0 Å². The number of hydrogen-bond acceptors (Lipinski definition) is 12. The van der Waals surface area contributed by atoms with Crippen molar-refractivity contribution in [2.45, 2.75) is 12.7 Å². The van der Waals surface area contributed by atoms with Crippen molar-refractivity contribution in [1.82, 2.24) is 29.2 Å². The standard InChI is InChI=1S/C25H29N9O4S/c1-4-38-22-10-5-7-16(31-22)25-32-24(28)17(34(25)23-18(36-2)8-6-9-19(23)37-3)11-20(27)33-39(35)14-21-29-12-15(26)13-30-21/h5-13,33H,4,14,26-28H2,1-3H3/b20-11+. The number of imidazole rings is 1. The smallest absolute Gasteiger partial charge is 0.213 e. The third kappa shape index (κ3) is 6.25. The van der Waals surface area contributed by atoms with E-state index in [1.807, 2.05) is 6.92 Å². The summed E-state index contributed by atoms with van der Waals surface area (Å²) in [5.41, 5.74) is 20.1. The van der Waals surface area contributed by atoms with Crippen LogP contribution in [0.3, 0.4) is 0 Å². The second kappa shape index (κ2) is 12.2. The van der Waals surface area contributed by atoms with Gasteiger partial charge in [0.1, 0.15) is 28.7 Å². The molecule has 3 aromatic heterocycles. The van der Waals surface area contributed by atoms with Crippen LogP contribution in [0.1, 0.15) is 18.4 Å². The number of nitrogens with one attached hydrogen (secondary N) is 1. The van der Waals surface area contributed by atoms with Crippen LogP contribution >= 0.6 is 0 Å². The molecule has 0 aliphatic heterocycles. The van der Waals surface area contributed by atoms with E-state index in [9.17, 15) is 4.55 Å². The summed E-state index contributed by atoms with van der Waals surface area (Å²) in [4.78, 5) is 17.3. The van der Waals surface area contributed by atoms with Crippen molar-refractivity contribution in [2.24, 2.45) is 5.73 Å². The maximum atomic E-state index is 12.7. The first-order chi connectivity index (χ1) is 18.8. The number of benzene rings is 1. The monoisotopic (exact) mass is 551 g/mol. The van der Waals surface area contributed by atoms with E-state index in [0.717, 1.165) is 0 Å². The predicted octanol–water partition coefficient (Wildman–Crippen LogP) is 2.02. The molecular weight excluding hydrogens is 522 g/mol. The molecule has 0 saturated carbocycles. The molecule has 4 aromatic rings. The highest BCUT2D eigenvalue weighted by Crippen LogP contribution is 2.38. The van der Waals surface area contributed by atoms with E-state index in [1.165, 1.54) is 18.5 Å². The molecule has 0 bridgehead atoms. The minimum absolute atomic E-state index is 0.00326. The molecule has 0 amide bonds. The van der Waals surface area contributed by atoms with Crippen LogP contribution in [0, 0.1) is 0 Å². The van der Waals surface area contributed by atoms with Crippen LogP contribution in [0.2, 0.25) is 0 Å². The number of nitrogens with zero attached hydrogens (tertiary/aromatic N) is 5. The van der Waals surface area contributed by atoms with E-state index in [0.29, 0.717) is 58.4 Å². The fourth-order valence-corrected chi connectivity index (χ4v) is 4.48. The largest absolute Gasteiger partial charge is 0.593 e. The van der Waals surface area contributed by atoms with Crippen molar-refractivity contribution < 1.29 is 18.8 Å². The van der Waals surface area contributed by atoms with Crippen molar-refractivity contribution in [3.63, 3.8) is 0 Å². The van der Waals surface area contributed by atoms with E-state index in [4.69, 9.17) is 31.4 Å². The maximum absolute atomic E-state index is 12.7. The first kappa shape index (κ1) is 27.3. The summed E-state index contributed by atoms with van der Waals surface area (Å²) in [5, 5.41) is 0. The predicted molar refractivity (Wildman–Crippen MR) is 149 cm³/mol. The lowest BCUT2D eigenvalue weighted by Gasteiger charge is -2.18. The van der Waals surface area contributed by atoms with Gasteiger partial charge in [-0.1, -0.05) is 12.1 Å². The van der Waals surface area contributed by atoms with Gasteiger partial charge in [-0.25, -0.2) is 19.9 Å². The molecule has 7 N–H and O–H groups in total. The number of methoxy groups -OCH3 is 2. The first-order valence-electron chi connectivity index (χ1n) is 11.7. The Labute approximate surface area is 228 Å². The van der Waals surface area contributed by atoms with Crippen molar-refractivity contribution in [3.05, 3.63) is 66.1 Å². The normalized spacial score (nSPS) is 12.2. The second-order valence-corrected chi connectivity index (χ2v) is 9.15. The van der Waals surface area contributed by atoms with Gasteiger partial charge in [0.15, 0.2) is 23.2 Å². The summed E-state index contributed by atoms with van der Waals surface area (Å²) < 4.78 is 34.0. The summed E-state index contributed by atoms with van der Waals surface area (Å²) in [6.07, 6.45) is 4.40. The van der Waals surface area contributed by atoms with Crippen LogP contribution in [-0.4, -0.2) is 49.9 Å². The van der Waals surface area contributed by atoms with Gasteiger partial charge in [0.05, 0.1) is 56.0 Å². The fraction of sp³-hybridized carbons (Fsp3) is 0.200. The van der Waals surface area contributed by atoms with E-state index in [2.05, 4.69) is 24.7 Å². The molecule has 204 valence electrons. The summed E-state index contributed by atoms with van der Waals surface area (Å²) >= 11 is -1.64. The molecule has 0 saturated heterocycles. The fourth-order valence-electron chi connectivity index (χ4n) is 3.71. The van der Waals surface area contributed by atoms with Gasteiger partial charge < -0.3 is 36.0 Å². The van der Waals surface area contributed by atoms with Gasteiger partial charge in [0, 0.05) is 12.1 Å². The number of anilines is 2. The van der Waals surface area contributed by atoms with Gasteiger partial charge in [0.2, 0.25) is 5.88 Å². The quantitative estimate of drug-likeness (QED) is 0.198. The lowest BCUT2D eigenvalue weighted by Crippen LogP contribution is -2.29. The summed E-state index contributed by atoms with van der Waals surface area (Å²) in [6, 6.07) is 10.7. The third-order valence-corrected chi connectivity index (χ3v) is 6.30. The Bertz CT molecular complexity index is 1440. The number of pyridine rings is 1. The highest BCUT2D eigenvalue weighted by molar-refractivity contribution is 7.88. The van der Waals surface area contributed by atoms with E-state index >= 15 is 0 Å². The molecule has 1 atom stereocenters. The zero-order chi connectivity index (χ0) is 27.9. The molecule has 3 heterocycles. The average Bonchev–Trinajstić information content (AvgIpc) is 3.24. The van der Waals surface area contributed by atoms with Gasteiger partial charge >= 0.3 is 0 Å². The Morgan fingerprint density at radius 1 is 1.05 bits per heavy atom. The van der Waals surface area contributed by atoms with Crippen molar-refractivity contribution in [2.75, 3.05) is 32.3 Å². The van der Waals surface area contributed by atoms with Crippen LogP contribution in [-0.2, 0) is 17.1 Å². The van der Waals surface area contributed by atoms with Gasteiger partial charge in [-0.3, -0.25) is 4.57 Å². The molecule has 0 spiro atoms. The molecule has 1 unspecified atom stereocenters. The van der Waals surface area contributed by atoms with Crippen LogP contribution in [0.25, 0.3) is 23.3 Å². The number of nitrogen functional groups attached to an aromatic ring is 2. The van der Waals surface area contributed by atoms with E-state index < -0.39 is 11.4 Å². The highest BCUT2D eigenvalue weighted by atomic mass is 32.2. The van der Waals surface area contributed by atoms with Crippen LogP contribution in [0.15, 0.2) is 54.6 Å². The molecule has 1 aromatic carbocycles. The topological polar surface area (TPSA) is 197 Å². The number of rotatable bonds is 11. The molecule has 0 aliphatic rings. The van der Waals surface area contributed by atoms with Crippen LogP contribution < -0.4 is 36.1 Å². The van der Waals surface area contributed by atoms with E-state index in [1.54, 1.807) is 55.2 Å². The van der Waals surface area contributed by atoms with Gasteiger partial charge in [-0.05, 0) is 25.1 Å². The molecular formula is C25H29N9O4S. The minimum Gasteiger partial charge on any atom is -0.593 e. The number of para-hydroxylation sites is 1. The molecule has 0 aliphatic carbocycles. The number of aromatic nitrogens is 5. The first-order valence-corrected chi connectivity index (χ1v) is 13.0. The molecule has 0 radical (unpaired) electrons. The zero-order valence-corrected chi connectivity index (χ0v) is 22.4. The Balaban J connectivity index is 1.81. The number of nitrogens with two attached hydrogens (primary N) is 3. The Morgan fingerprint density at radius 2 is 1.72 bits per heavy atom. The Hall–Kier alpha value is -4.69. The van der Waals surface area contributed by atoms with Crippen LogP contribution in [0.5, 0.6) is 17.4 Å². The Kier molecular flexibility index (Phi) is 8.58. The second-order valence-electron chi connectivity index (χ2n) is 7.97. The molecule has 39 heavy (non-hydrogen) atoms. The lowest BCUT2D eigenvalue weighted by atomic mass is 10.2. The van der Waals surface area contributed by atoms with Gasteiger partial charge in [-0.2, -0.15) is 4.72 Å². The SMILES string of the molecule is CCOc1cccc(-c2nc(N)c(/C=C(\N)N[S+]([O-])Cc3ncc(N)cn3)n2-c2c(OC)cccc2OC)n1. The number of ether oxygens (including phenoxy) is 3. The molecule has 4 rings (SSSR count). The van der Waals surface area contributed by atoms with Crippen molar-refractivity contribution in [3.8, 4) is 34.6 Å². The number of hydrogen-bond donors (Lipinski definition) is 4. The summed E-state index contributed by atoms with van der Waals surface area (Å²) in [6.45, 7) is 2.32. The average molecular weight is 552 g/mol. The van der Waals surface area contributed by atoms with Gasteiger partial charge in [0.25, 0.3) is 0 Å². The minimum atomic E-state index is -1.64. The summed E-state index contributed by atoms with van der Waals surface area (Å²) in [7, 11) is 3.08. The highest BCUT2D eigenvalue weighted by Gasteiger charge is 2.24.